The topological polar surface area (TPSA) is 117 Å². The van der Waals surface area contributed by atoms with Gasteiger partial charge in [-0.05, 0) is 31.2 Å². The first-order valence-corrected chi connectivity index (χ1v) is 10.8. The number of H-pyrrole nitrogens is 1. The fourth-order valence-electron chi connectivity index (χ4n) is 3.87. The van der Waals surface area contributed by atoms with Gasteiger partial charge in [0.1, 0.15) is 25.0 Å². The zero-order valence-electron chi connectivity index (χ0n) is 18.7. The summed E-state index contributed by atoms with van der Waals surface area (Å²) in [6.45, 7) is 3.14. The molecule has 1 aliphatic heterocycles. The van der Waals surface area contributed by atoms with Crippen molar-refractivity contribution in [1.82, 2.24) is 9.55 Å². The quantitative estimate of drug-likeness (QED) is 0.557. The van der Waals surface area contributed by atoms with E-state index in [9.17, 15) is 19.2 Å². The average molecular weight is 464 g/mol. The lowest BCUT2D eigenvalue weighted by atomic mass is 10.0. The summed E-state index contributed by atoms with van der Waals surface area (Å²) in [6, 6.07) is 16.9. The molecule has 0 bridgehead atoms. The Kier molecular flexibility index (Phi) is 6.74. The zero-order valence-corrected chi connectivity index (χ0v) is 18.7. The summed E-state index contributed by atoms with van der Waals surface area (Å²) in [5.74, 6) is -1.60. The third kappa shape index (κ3) is 4.84. The van der Waals surface area contributed by atoms with E-state index in [-0.39, 0.29) is 6.61 Å². The molecule has 0 spiro atoms. The number of rotatable bonds is 6. The van der Waals surface area contributed by atoms with E-state index in [1.165, 1.54) is 10.8 Å². The largest absolute Gasteiger partial charge is 0.459 e. The van der Waals surface area contributed by atoms with Gasteiger partial charge in [-0.2, -0.15) is 0 Å². The second-order valence-electron chi connectivity index (χ2n) is 8.10. The molecule has 1 N–H and O–H groups in total. The minimum atomic E-state index is -0.850. The van der Waals surface area contributed by atoms with E-state index in [2.05, 4.69) is 4.98 Å². The highest BCUT2D eigenvalue weighted by Gasteiger charge is 2.46. The van der Waals surface area contributed by atoms with E-state index in [0.717, 1.165) is 0 Å². The summed E-state index contributed by atoms with van der Waals surface area (Å²) >= 11 is 0. The van der Waals surface area contributed by atoms with Crippen molar-refractivity contribution in [1.29, 1.82) is 0 Å². The Morgan fingerprint density at radius 2 is 1.56 bits per heavy atom. The smallest absolute Gasteiger partial charge is 0.338 e. The predicted molar refractivity (Wildman–Crippen MR) is 122 cm³/mol. The first kappa shape index (κ1) is 23.2. The number of benzene rings is 2. The third-order valence-corrected chi connectivity index (χ3v) is 5.71. The fraction of sp³-hybridized carbons (Fsp3) is 0.280. The van der Waals surface area contributed by atoms with Gasteiger partial charge in [0.2, 0.25) is 0 Å². The number of carbonyl (C=O) groups excluding carboxylic acids is 2. The summed E-state index contributed by atoms with van der Waals surface area (Å²) in [5, 5.41) is 0. The number of nitrogens with one attached hydrogen (secondary N) is 1. The van der Waals surface area contributed by atoms with Crippen molar-refractivity contribution in [3.05, 3.63) is 104 Å². The van der Waals surface area contributed by atoms with Crippen molar-refractivity contribution in [2.75, 3.05) is 6.61 Å². The minimum Gasteiger partial charge on any atom is -0.459 e. The van der Waals surface area contributed by atoms with Crippen LogP contribution in [0.2, 0.25) is 0 Å². The van der Waals surface area contributed by atoms with Gasteiger partial charge in [0, 0.05) is 17.7 Å². The van der Waals surface area contributed by atoms with Crippen LogP contribution >= 0.6 is 0 Å². The Bertz CT molecular complexity index is 1280. The minimum absolute atomic E-state index is 0.196. The molecular formula is C25H24N2O7. The lowest BCUT2D eigenvalue weighted by Gasteiger charge is -2.21. The molecule has 1 aliphatic rings. The molecule has 4 atom stereocenters. The molecule has 0 aliphatic carbocycles. The number of hydrogen-bond acceptors (Lipinski definition) is 7. The van der Waals surface area contributed by atoms with Gasteiger partial charge in [-0.3, -0.25) is 14.3 Å². The van der Waals surface area contributed by atoms with E-state index in [1.54, 1.807) is 74.5 Å². The molecule has 0 radical (unpaired) electrons. The van der Waals surface area contributed by atoms with Crippen molar-refractivity contribution in [2.45, 2.75) is 32.3 Å². The molecule has 1 saturated heterocycles. The number of aromatic amines is 1. The van der Waals surface area contributed by atoms with Crippen LogP contribution in [0.15, 0.2) is 76.4 Å². The monoisotopic (exact) mass is 464 g/mol. The first-order chi connectivity index (χ1) is 16.3. The maximum Gasteiger partial charge on any atom is 0.338 e. The molecule has 1 unspecified atom stereocenters. The van der Waals surface area contributed by atoms with Crippen LogP contribution in [0.1, 0.15) is 39.4 Å². The Hall–Kier alpha value is -3.98. The molecule has 1 fully saturated rings. The van der Waals surface area contributed by atoms with Crippen molar-refractivity contribution in [3.8, 4) is 0 Å². The highest BCUT2D eigenvalue weighted by atomic mass is 16.6. The van der Waals surface area contributed by atoms with E-state index in [1.807, 2.05) is 0 Å². The standard InChI is InChI=1S/C25H24N2O7/c1-15-13-27(25(31)26-21(15)28)22-16(2)20(34-24(30)18-11-7-4-8-12-18)19(33-22)14-32-23(29)17-9-5-3-6-10-17/h3-13,16,19-20,22H,14H2,1-2H3,(H,26,28,31)/t16-,19-,20?,22-/m1/s1. The van der Waals surface area contributed by atoms with Gasteiger partial charge in [-0.15, -0.1) is 0 Å². The van der Waals surface area contributed by atoms with Crippen LogP contribution in [-0.4, -0.2) is 40.3 Å². The van der Waals surface area contributed by atoms with Crippen LogP contribution in [0.5, 0.6) is 0 Å². The summed E-state index contributed by atoms with van der Waals surface area (Å²) in [6.07, 6.45) is -1.10. The van der Waals surface area contributed by atoms with Crippen LogP contribution < -0.4 is 11.2 Å². The van der Waals surface area contributed by atoms with Crippen molar-refractivity contribution < 1.29 is 23.8 Å². The number of hydrogen-bond donors (Lipinski definition) is 1. The molecule has 9 nitrogen and oxygen atoms in total. The van der Waals surface area contributed by atoms with Gasteiger partial charge in [0.15, 0.2) is 0 Å². The predicted octanol–water partition coefficient (Wildman–Crippen LogP) is 2.46. The van der Waals surface area contributed by atoms with Crippen molar-refractivity contribution in [2.24, 2.45) is 5.92 Å². The summed E-state index contributed by atoms with van der Waals surface area (Å²) in [4.78, 5) is 51.7. The second-order valence-corrected chi connectivity index (χ2v) is 8.10. The van der Waals surface area contributed by atoms with Crippen LogP contribution in [0.3, 0.4) is 0 Å². The van der Waals surface area contributed by atoms with E-state index in [4.69, 9.17) is 14.2 Å². The Labute approximate surface area is 194 Å². The van der Waals surface area contributed by atoms with Crippen LogP contribution in [-0.2, 0) is 14.2 Å². The van der Waals surface area contributed by atoms with Crippen LogP contribution in [0, 0.1) is 12.8 Å². The van der Waals surface area contributed by atoms with E-state index in [0.29, 0.717) is 16.7 Å². The molecule has 34 heavy (non-hydrogen) atoms. The number of nitrogens with zero attached hydrogens (tertiary/aromatic N) is 1. The maximum absolute atomic E-state index is 12.8. The van der Waals surface area contributed by atoms with Crippen molar-refractivity contribution >= 4 is 11.9 Å². The number of aryl methyl sites for hydroxylation is 1. The van der Waals surface area contributed by atoms with E-state index >= 15 is 0 Å². The SMILES string of the molecule is Cc1cn([C@@H]2O[C@H](COC(=O)c3ccccc3)C(OC(=O)c3ccccc3)[C@H]2C)c(=O)[nH]c1=O. The molecule has 0 saturated carbocycles. The van der Waals surface area contributed by atoms with Gasteiger partial charge in [0.25, 0.3) is 5.56 Å². The summed E-state index contributed by atoms with van der Waals surface area (Å²) in [5.41, 5.74) is -0.0902. The highest BCUT2D eigenvalue weighted by Crippen LogP contribution is 2.36. The number of esters is 2. The fourth-order valence-corrected chi connectivity index (χ4v) is 3.87. The molecular weight excluding hydrogens is 440 g/mol. The normalized spacial score (nSPS) is 21.7. The highest BCUT2D eigenvalue weighted by molar-refractivity contribution is 5.90. The summed E-state index contributed by atoms with van der Waals surface area (Å²) < 4.78 is 18.5. The van der Waals surface area contributed by atoms with Gasteiger partial charge in [0.05, 0.1) is 11.1 Å². The lowest BCUT2D eigenvalue weighted by Crippen LogP contribution is -2.36. The molecule has 2 aromatic carbocycles. The molecule has 9 heteroatoms. The Morgan fingerprint density at radius 3 is 2.18 bits per heavy atom. The Morgan fingerprint density at radius 1 is 0.971 bits per heavy atom. The van der Waals surface area contributed by atoms with Crippen molar-refractivity contribution in [3.63, 3.8) is 0 Å². The van der Waals surface area contributed by atoms with Gasteiger partial charge in [-0.1, -0.05) is 43.3 Å². The van der Waals surface area contributed by atoms with Crippen LogP contribution in [0.4, 0.5) is 0 Å². The first-order valence-electron chi connectivity index (χ1n) is 10.8. The third-order valence-electron chi connectivity index (χ3n) is 5.71. The molecule has 4 rings (SSSR count). The molecule has 3 aromatic rings. The van der Waals surface area contributed by atoms with Crippen LogP contribution in [0.25, 0.3) is 0 Å². The molecule has 0 amide bonds. The molecule has 1 aromatic heterocycles. The second kappa shape index (κ2) is 9.88. The zero-order chi connectivity index (χ0) is 24.2. The molecule has 176 valence electrons. The number of aromatic nitrogens is 2. The molecule has 2 heterocycles. The van der Waals surface area contributed by atoms with Gasteiger partial charge >= 0.3 is 17.6 Å². The van der Waals surface area contributed by atoms with E-state index < -0.39 is 47.5 Å². The number of ether oxygens (including phenoxy) is 3. The Balaban J connectivity index is 1.59. The maximum atomic E-state index is 12.8. The average Bonchev–Trinajstić information content (AvgIpc) is 3.15. The lowest BCUT2D eigenvalue weighted by molar-refractivity contribution is -0.0588. The van der Waals surface area contributed by atoms with Gasteiger partial charge in [-0.25, -0.2) is 14.4 Å². The van der Waals surface area contributed by atoms with Gasteiger partial charge < -0.3 is 14.2 Å². The summed E-state index contributed by atoms with van der Waals surface area (Å²) in [7, 11) is 0. The number of carbonyl (C=O) groups is 2.